The third kappa shape index (κ3) is 5.58. The van der Waals surface area contributed by atoms with Crippen molar-refractivity contribution in [1.82, 2.24) is 0 Å². The van der Waals surface area contributed by atoms with Gasteiger partial charge in [-0.25, -0.2) is 4.79 Å². The number of carbonyl (C=O) groups is 3. The number of thioether (sulfide) groups is 1. The van der Waals surface area contributed by atoms with Crippen LogP contribution in [0.1, 0.15) is 39.4 Å². The highest BCUT2D eigenvalue weighted by molar-refractivity contribution is 8.01. The maximum Gasteiger partial charge on any atom is 0.348 e. The zero-order valence-corrected chi connectivity index (χ0v) is 17.0. The van der Waals surface area contributed by atoms with Crippen LogP contribution in [0, 0.1) is 6.92 Å². The molecule has 0 fully saturated rings. The number of ether oxygens (including phenoxy) is 2. The summed E-state index contributed by atoms with van der Waals surface area (Å²) in [4.78, 5) is 37.1. The minimum atomic E-state index is -0.475. The third-order valence-corrected chi connectivity index (χ3v) is 5.98. The fourth-order valence-electron chi connectivity index (χ4n) is 2.29. The molecule has 0 radical (unpaired) electrons. The van der Waals surface area contributed by atoms with Crippen molar-refractivity contribution < 1.29 is 23.9 Å². The van der Waals surface area contributed by atoms with Crippen LogP contribution in [-0.4, -0.2) is 36.8 Å². The standard InChI is InChI=1S/C19H21NO5S2/c1-4-24-14(21)11-26-19-15(12(3)16(27-19)18(23)25-5-2)17(22)20-13-9-7-6-8-10-13/h6-10H,4-5,11H2,1-3H3,(H,20,22). The Balaban J connectivity index is 2.32. The third-order valence-electron chi connectivity index (χ3n) is 3.46. The number of anilines is 1. The number of thiophene rings is 1. The predicted octanol–water partition coefficient (Wildman–Crippen LogP) is 4.14. The molecule has 1 amide bonds. The lowest BCUT2D eigenvalue weighted by Gasteiger charge is -2.07. The van der Waals surface area contributed by atoms with E-state index in [9.17, 15) is 14.4 Å². The topological polar surface area (TPSA) is 81.7 Å². The van der Waals surface area contributed by atoms with Gasteiger partial charge in [0.15, 0.2) is 0 Å². The SMILES string of the molecule is CCOC(=O)CSc1sc(C(=O)OCC)c(C)c1C(=O)Nc1ccccc1. The quantitative estimate of drug-likeness (QED) is 0.523. The smallest absolute Gasteiger partial charge is 0.348 e. The molecule has 27 heavy (non-hydrogen) atoms. The molecule has 1 N–H and O–H groups in total. The Bertz CT molecular complexity index is 817. The van der Waals surface area contributed by atoms with Gasteiger partial charge in [-0.3, -0.25) is 9.59 Å². The highest BCUT2D eigenvalue weighted by Gasteiger charge is 2.26. The highest BCUT2D eigenvalue weighted by Crippen LogP contribution is 2.37. The zero-order chi connectivity index (χ0) is 19.8. The Morgan fingerprint density at radius 3 is 2.37 bits per heavy atom. The van der Waals surface area contributed by atoms with E-state index in [1.165, 1.54) is 11.8 Å². The van der Waals surface area contributed by atoms with Crippen LogP contribution >= 0.6 is 23.1 Å². The van der Waals surface area contributed by atoms with Gasteiger partial charge < -0.3 is 14.8 Å². The molecule has 0 atom stereocenters. The molecule has 8 heteroatoms. The van der Waals surface area contributed by atoms with Crippen molar-refractivity contribution in [3.63, 3.8) is 0 Å². The predicted molar refractivity (Wildman–Crippen MR) is 107 cm³/mol. The largest absolute Gasteiger partial charge is 0.465 e. The minimum Gasteiger partial charge on any atom is -0.465 e. The van der Waals surface area contributed by atoms with E-state index in [0.29, 0.717) is 25.9 Å². The number of para-hydroxylation sites is 1. The second kappa shape index (κ2) is 10.1. The molecule has 0 saturated heterocycles. The summed E-state index contributed by atoms with van der Waals surface area (Å²) in [6.07, 6.45) is 0. The van der Waals surface area contributed by atoms with Gasteiger partial charge in [0.25, 0.3) is 5.91 Å². The van der Waals surface area contributed by atoms with Crippen molar-refractivity contribution in [2.45, 2.75) is 25.0 Å². The highest BCUT2D eigenvalue weighted by atomic mass is 32.2. The molecule has 1 aromatic heterocycles. The number of hydrogen-bond donors (Lipinski definition) is 1. The van der Waals surface area contributed by atoms with Crippen LogP contribution in [0.2, 0.25) is 0 Å². The van der Waals surface area contributed by atoms with E-state index in [1.807, 2.05) is 18.2 Å². The summed E-state index contributed by atoms with van der Waals surface area (Å²) in [5.41, 5.74) is 1.56. The molecule has 2 rings (SSSR count). The fourth-order valence-corrected chi connectivity index (χ4v) is 4.60. The number of rotatable bonds is 8. The van der Waals surface area contributed by atoms with Crippen molar-refractivity contribution in [2.24, 2.45) is 0 Å². The van der Waals surface area contributed by atoms with Crippen molar-refractivity contribution in [3.05, 3.63) is 46.3 Å². The Labute approximate surface area is 166 Å². The van der Waals surface area contributed by atoms with E-state index in [1.54, 1.807) is 32.9 Å². The van der Waals surface area contributed by atoms with Crippen molar-refractivity contribution in [1.29, 1.82) is 0 Å². The lowest BCUT2D eigenvalue weighted by Crippen LogP contribution is -2.14. The molecule has 0 aliphatic carbocycles. The van der Waals surface area contributed by atoms with Gasteiger partial charge in [0.2, 0.25) is 0 Å². The second-order valence-electron chi connectivity index (χ2n) is 5.35. The maximum absolute atomic E-state index is 12.8. The average molecular weight is 408 g/mol. The summed E-state index contributed by atoms with van der Waals surface area (Å²) < 4.78 is 10.6. The lowest BCUT2D eigenvalue weighted by molar-refractivity contribution is -0.139. The molecule has 0 bridgehead atoms. The first kappa shape index (κ1) is 21.0. The van der Waals surface area contributed by atoms with E-state index >= 15 is 0 Å². The Morgan fingerprint density at radius 2 is 1.74 bits per heavy atom. The molecule has 1 heterocycles. The molecule has 0 unspecified atom stereocenters. The van der Waals surface area contributed by atoms with Gasteiger partial charge in [-0.2, -0.15) is 0 Å². The monoisotopic (exact) mass is 407 g/mol. The number of esters is 2. The van der Waals surface area contributed by atoms with Gasteiger partial charge >= 0.3 is 11.9 Å². The molecule has 144 valence electrons. The second-order valence-corrected chi connectivity index (χ2v) is 7.62. The lowest BCUT2D eigenvalue weighted by atomic mass is 10.1. The summed E-state index contributed by atoms with van der Waals surface area (Å²) in [5, 5.41) is 2.82. The Hall–Kier alpha value is -2.32. The average Bonchev–Trinajstić information content (AvgIpc) is 2.98. The maximum atomic E-state index is 12.8. The molecule has 6 nitrogen and oxygen atoms in total. The molecule has 0 aliphatic heterocycles. The van der Waals surface area contributed by atoms with Gasteiger partial charge in [0, 0.05) is 5.69 Å². The molecule has 0 aliphatic rings. The van der Waals surface area contributed by atoms with Crippen LogP contribution in [0.4, 0.5) is 5.69 Å². The summed E-state index contributed by atoms with van der Waals surface area (Å²) in [5.74, 6) is -1.13. The molecular formula is C19H21NO5S2. The first-order chi connectivity index (χ1) is 13.0. The number of carbonyl (C=O) groups excluding carboxylic acids is 3. The number of amides is 1. The minimum absolute atomic E-state index is 0.0572. The van der Waals surface area contributed by atoms with Gasteiger partial charge in [-0.15, -0.1) is 23.1 Å². The molecule has 0 saturated carbocycles. The van der Waals surface area contributed by atoms with Crippen LogP contribution in [0.5, 0.6) is 0 Å². The van der Waals surface area contributed by atoms with Gasteiger partial charge in [-0.05, 0) is 38.5 Å². The van der Waals surface area contributed by atoms with E-state index in [2.05, 4.69) is 5.32 Å². The molecule has 0 spiro atoms. The zero-order valence-electron chi connectivity index (χ0n) is 15.4. The van der Waals surface area contributed by atoms with Gasteiger partial charge in [0.05, 0.1) is 28.7 Å². The molecule has 2 aromatic rings. The van der Waals surface area contributed by atoms with Crippen LogP contribution in [0.15, 0.2) is 34.5 Å². The molecule has 1 aromatic carbocycles. The Morgan fingerprint density at radius 1 is 1.07 bits per heavy atom. The van der Waals surface area contributed by atoms with Crippen molar-refractivity contribution in [2.75, 3.05) is 24.3 Å². The summed E-state index contributed by atoms with van der Waals surface area (Å²) >= 11 is 2.33. The van der Waals surface area contributed by atoms with E-state index < -0.39 is 5.97 Å². The summed E-state index contributed by atoms with van der Waals surface area (Å²) in [6.45, 7) is 5.69. The van der Waals surface area contributed by atoms with Crippen LogP contribution in [0.25, 0.3) is 0 Å². The number of hydrogen-bond acceptors (Lipinski definition) is 7. The van der Waals surface area contributed by atoms with Crippen molar-refractivity contribution >= 4 is 46.6 Å². The fraction of sp³-hybridized carbons (Fsp3) is 0.316. The van der Waals surface area contributed by atoms with Gasteiger partial charge in [0.1, 0.15) is 4.88 Å². The van der Waals surface area contributed by atoms with E-state index in [0.717, 1.165) is 11.3 Å². The first-order valence-electron chi connectivity index (χ1n) is 8.43. The summed E-state index contributed by atoms with van der Waals surface area (Å²) in [7, 11) is 0. The first-order valence-corrected chi connectivity index (χ1v) is 10.2. The Kier molecular flexibility index (Phi) is 7.87. The van der Waals surface area contributed by atoms with Crippen LogP contribution in [0.3, 0.4) is 0 Å². The molecular weight excluding hydrogens is 386 g/mol. The summed E-state index contributed by atoms with van der Waals surface area (Å²) in [6, 6.07) is 9.03. The van der Waals surface area contributed by atoms with Gasteiger partial charge in [-0.1, -0.05) is 18.2 Å². The normalized spacial score (nSPS) is 10.3. The van der Waals surface area contributed by atoms with E-state index in [-0.39, 0.29) is 30.8 Å². The van der Waals surface area contributed by atoms with E-state index in [4.69, 9.17) is 9.47 Å². The van der Waals surface area contributed by atoms with Crippen molar-refractivity contribution in [3.8, 4) is 0 Å². The van der Waals surface area contributed by atoms with Crippen LogP contribution in [-0.2, 0) is 14.3 Å². The number of nitrogens with one attached hydrogen (secondary N) is 1. The van der Waals surface area contributed by atoms with Crippen LogP contribution < -0.4 is 5.32 Å². The number of benzene rings is 1.